The lowest BCUT2D eigenvalue weighted by Gasteiger charge is -2.27. The predicted molar refractivity (Wildman–Crippen MR) is 99.2 cm³/mol. The molecule has 1 aromatic heterocycles. The number of fused-ring (bicyclic) bond motifs is 1. The molecule has 25 heavy (non-hydrogen) atoms. The quantitative estimate of drug-likeness (QED) is 0.765. The van der Waals surface area contributed by atoms with E-state index in [1.54, 1.807) is 0 Å². The van der Waals surface area contributed by atoms with Gasteiger partial charge in [-0.25, -0.2) is 4.98 Å². The Hall–Kier alpha value is -2.86. The number of ether oxygens (including phenoxy) is 1. The zero-order valence-electron chi connectivity index (χ0n) is 13.9. The van der Waals surface area contributed by atoms with Crippen molar-refractivity contribution in [1.29, 1.82) is 0 Å². The van der Waals surface area contributed by atoms with Gasteiger partial charge in [0.2, 0.25) is 5.95 Å². The van der Waals surface area contributed by atoms with Crippen LogP contribution < -0.4 is 15.8 Å². The molecule has 2 aromatic carbocycles. The van der Waals surface area contributed by atoms with Crippen molar-refractivity contribution in [3.05, 3.63) is 64.4 Å². The van der Waals surface area contributed by atoms with Crippen molar-refractivity contribution in [1.82, 2.24) is 9.97 Å². The second kappa shape index (κ2) is 6.94. The third-order valence-electron chi connectivity index (χ3n) is 4.34. The van der Waals surface area contributed by atoms with Gasteiger partial charge in [0.15, 0.2) is 0 Å². The highest BCUT2D eigenvalue weighted by Crippen LogP contribution is 2.18. The average molecular weight is 336 g/mol. The minimum Gasteiger partial charge on any atom is -0.381 e. The topological polar surface area (TPSA) is 70.2 Å². The number of benzene rings is 2. The standard InChI is InChI=1S/C19H20N4O2/c24-18-16-7-6-15(20-13-14-4-2-1-3-5-14)12-17(16)21-19(22-18)23-8-10-25-11-9-23/h1-7,12,20H,8-11,13H2,(H,21,22,24). The van der Waals surface area contributed by atoms with Crippen molar-refractivity contribution < 1.29 is 4.74 Å². The Balaban J connectivity index is 1.60. The van der Waals surface area contributed by atoms with Crippen LogP contribution in [-0.4, -0.2) is 36.3 Å². The van der Waals surface area contributed by atoms with E-state index in [1.807, 2.05) is 36.4 Å². The minimum absolute atomic E-state index is 0.110. The summed E-state index contributed by atoms with van der Waals surface area (Å²) in [5.41, 5.74) is 2.74. The highest BCUT2D eigenvalue weighted by molar-refractivity contribution is 5.82. The third kappa shape index (κ3) is 3.49. The van der Waals surface area contributed by atoms with Gasteiger partial charge in [-0.2, -0.15) is 0 Å². The van der Waals surface area contributed by atoms with Crippen LogP contribution in [0.4, 0.5) is 11.6 Å². The van der Waals surface area contributed by atoms with E-state index in [0.29, 0.717) is 30.1 Å². The molecule has 1 aliphatic rings. The van der Waals surface area contributed by atoms with E-state index in [0.717, 1.165) is 25.3 Å². The van der Waals surface area contributed by atoms with Crippen LogP contribution in [0, 0.1) is 0 Å². The number of hydrogen-bond acceptors (Lipinski definition) is 5. The van der Waals surface area contributed by atoms with E-state index in [4.69, 9.17) is 4.74 Å². The highest BCUT2D eigenvalue weighted by atomic mass is 16.5. The highest BCUT2D eigenvalue weighted by Gasteiger charge is 2.14. The van der Waals surface area contributed by atoms with E-state index in [1.165, 1.54) is 5.56 Å². The molecule has 2 N–H and O–H groups in total. The normalized spacial score (nSPS) is 14.6. The lowest BCUT2D eigenvalue weighted by molar-refractivity contribution is 0.122. The molecule has 0 amide bonds. The second-order valence-electron chi connectivity index (χ2n) is 6.06. The molecule has 1 fully saturated rings. The summed E-state index contributed by atoms with van der Waals surface area (Å²) >= 11 is 0. The Morgan fingerprint density at radius 1 is 1.12 bits per heavy atom. The monoisotopic (exact) mass is 336 g/mol. The number of H-pyrrole nitrogens is 1. The number of nitrogens with zero attached hydrogens (tertiary/aromatic N) is 2. The molecule has 0 saturated carbocycles. The van der Waals surface area contributed by atoms with Crippen LogP contribution in [0.3, 0.4) is 0 Å². The van der Waals surface area contributed by atoms with Gasteiger partial charge in [-0.3, -0.25) is 9.78 Å². The summed E-state index contributed by atoms with van der Waals surface area (Å²) in [6, 6.07) is 15.9. The van der Waals surface area contributed by atoms with Crippen molar-refractivity contribution in [2.24, 2.45) is 0 Å². The SMILES string of the molecule is O=c1[nH]c(N2CCOCC2)nc2cc(NCc3ccccc3)ccc12. The molecule has 2 heterocycles. The molecule has 128 valence electrons. The number of nitrogens with one attached hydrogen (secondary N) is 2. The van der Waals surface area contributed by atoms with Crippen LogP contribution >= 0.6 is 0 Å². The maximum atomic E-state index is 12.4. The molecular weight excluding hydrogens is 316 g/mol. The molecule has 0 atom stereocenters. The van der Waals surface area contributed by atoms with Crippen molar-refractivity contribution in [3.8, 4) is 0 Å². The minimum atomic E-state index is -0.110. The zero-order valence-corrected chi connectivity index (χ0v) is 13.9. The Bertz CT molecular complexity index is 918. The molecule has 0 aliphatic carbocycles. The van der Waals surface area contributed by atoms with Gasteiger partial charge in [0, 0.05) is 25.3 Å². The molecule has 0 spiro atoms. The van der Waals surface area contributed by atoms with Gasteiger partial charge < -0.3 is 15.0 Å². The fourth-order valence-corrected chi connectivity index (χ4v) is 2.96. The molecule has 0 radical (unpaired) electrons. The molecule has 3 aromatic rings. The Kier molecular flexibility index (Phi) is 4.35. The number of hydrogen-bond donors (Lipinski definition) is 2. The van der Waals surface area contributed by atoms with Gasteiger partial charge in [-0.05, 0) is 23.8 Å². The van der Waals surface area contributed by atoms with Crippen molar-refractivity contribution in [3.63, 3.8) is 0 Å². The molecule has 1 saturated heterocycles. The first kappa shape index (κ1) is 15.7. The van der Waals surface area contributed by atoms with Crippen LogP contribution in [0.1, 0.15) is 5.56 Å². The van der Waals surface area contributed by atoms with E-state index >= 15 is 0 Å². The third-order valence-corrected chi connectivity index (χ3v) is 4.34. The molecule has 0 unspecified atom stereocenters. The van der Waals surface area contributed by atoms with E-state index in [2.05, 4.69) is 32.3 Å². The summed E-state index contributed by atoms with van der Waals surface area (Å²) in [5.74, 6) is 0.612. The average Bonchev–Trinajstić information content (AvgIpc) is 2.67. The number of rotatable bonds is 4. The Labute approximate surface area is 145 Å². The fraction of sp³-hybridized carbons (Fsp3) is 0.263. The molecule has 1 aliphatic heterocycles. The van der Waals surface area contributed by atoms with Gasteiger partial charge in [0.05, 0.1) is 24.1 Å². The molecule has 0 bridgehead atoms. The van der Waals surface area contributed by atoms with Gasteiger partial charge in [0.25, 0.3) is 5.56 Å². The lowest BCUT2D eigenvalue weighted by atomic mass is 10.2. The fourth-order valence-electron chi connectivity index (χ4n) is 2.96. The van der Waals surface area contributed by atoms with Crippen LogP contribution in [0.2, 0.25) is 0 Å². The van der Waals surface area contributed by atoms with Crippen LogP contribution in [0.15, 0.2) is 53.3 Å². The number of aromatic amines is 1. The van der Waals surface area contributed by atoms with Crippen LogP contribution in [0.25, 0.3) is 10.9 Å². The summed E-state index contributed by atoms with van der Waals surface area (Å²) in [6.07, 6.45) is 0. The molecule has 4 rings (SSSR count). The molecule has 6 nitrogen and oxygen atoms in total. The maximum Gasteiger partial charge on any atom is 0.260 e. The molecule has 6 heteroatoms. The maximum absolute atomic E-state index is 12.4. The summed E-state index contributed by atoms with van der Waals surface area (Å²) in [7, 11) is 0. The summed E-state index contributed by atoms with van der Waals surface area (Å²) < 4.78 is 5.36. The van der Waals surface area contributed by atoms with Gasteiger partial charge >= 0.3 is 0 Å². The van der Waals surface area contributed by atoms with Crippen molar-refractivity contribution in [2.45, 2.75) is 6.54 Å². The molecular formula is C19H20N4O2. The zero-order chi connectivity index (χ0) is 17.1. The Morgan fingerprint density at radius 3 is 2.72 bits per heavy atom. The Morgan fingerprint density at radius 2 is 1.92 bits per heavy atom. The van der Waals surface area contributed by atoms with E-state index in [-0.39, 0.29) is 5.56 Å². The second-order valence-corrected chi connectivity index (χ2v) is 6.06. The van der Waals surface area contributed by atoms with Gasteiger partial charge in [-0.1, -0.05) is 30.3 Å². The number of morpholine rings is 1. The van der Waals surface area contributed by atoms with Gasteiger partial charge in [-0.15, -0.1) is 0 Å². The predicted octanol–water partition coefficient (Wildman–Crippen LogP) is 2.37. The number of aromatic nitrogens is 2. The summed E-state index contributed by atoms with van der Waals surface area (Å²) in [5, 5.41) is 3.99. The van der Waals surface area contributed by atoms with E-state index < -0.39 is 0 Å². The first-order valence-corrected chi connectivity index (χ1v) is 8.44. The van der Waals surface area contributed by atoms with Crippen LogP contribution in [-0.2, 0) is 11.3 Å². The van der Waals surface area contributed by atoms with Crippen molar-refractivity contribution in [2.75, 3.05) is 36.5 Å². The first-order chi connectivity index (χ1) is 12.3. The summed E-state index contributed by atoms with van der Waals surface area (Å²) in [6.45, 7) is 3.51. The largest absolute Gasteiger partial charge is 0.381 e. The lowest BCUT2D eigenvalue weighted by Crippen LogP contribution is -2.38. The smallest absolute Gasteiger partial charge is 0.260 e. The number of anilines is 2. The first-order valence-electron chi connectivity index (χ1n) is 8.44. The summed E-state index contributed by atoms with van der Waals surface area (Å²) in [4.78, 5) is 21.9. The van der Waals surface area contributed by atoms with Gasteiger partial charge in [0.1, 0.15) is 0 Å². The van der Waals surface area contributed by atoms with Crippen molar-refractivity contribution >= 4 is 22.5 Å². The van der Waals surface area contributed by atoms with E-state index in [9.17, 15) is 4.79 Å². The van der Waals surface area contributed by atoms with Crippen LogP contribution in [0.5, 0.6) is 0 Å².